The third kappa shape index (κ3) is 2.35. The summed E-state index contributed by atoms with van der Waals surface area (Å²) < 4.78 is 18.2. The molecular formula is C12H9FN4O2. The van der Waals surface area contributed by atoms with E-state index in [-0.39, 0.29) is 23.4 Å². The molecule has 0 saturated heterocycles. The van der Waals surface area contributed by atoms with E-state index in [9.17, 15) is 9.18 Å². The molecule has 19 heavy (non-hydrogen) atoms. The van der Waals surface area contributed by atoms with Crippen LogP contribution < -0.4 is 5.43 Å². The molecule has 7 heteroatoms. The van der Waals surface area contributed by atoms with E-state index in [1.807, 2.05) is 0 Å². The van der Waals surface area contributed by atoms with E-state index < -0.39 is 0 Å². The van der Waals surface area contributed by atoms with Crippen molar-refractivity contribution < 1.29 is 13.7 Å². The largest absolute Gasteiger partial charge is 0.332 e. The lowest BCUT2D eigenvalue weighted by atomic mass is 10.2. The number of hydrogen-bond acceptors (Lipinski definition) is 5. The van der Waals surface area contributed by atoms with Gasteiger partial charge in [-0.25, -0.2) is 9.82 Å². The summed E-state index contributed by atoms with van der Waals surface area (Å²) in [5, 5.41) is 7.63. The third-order valence-electron chi connectivity index (χ3n) is 2.66. The summed E-state index contributed by atoms with van der Waals surface area (Å²) in [7, 11) is 0. The number of aromatic nitrogens is 2. The Balaban J connectivity index is 1.89. The van der Waals surface area contributed by atoms with Crippen LogP contribution in [0.4, 0.5) is 4.39 Å². The zero-order valence-electron chi connectivity index (χ0n) is 9.76. The molecule has 1 aliphatic heterocycles. The molecule has 0 saturated carbocycles. The smallest absolute Gasteiger partial charge is 0.274 e. The second-order valence-electron chi connectivity index (χ2n) is 4.03. The second kappa shape index (κ2) is 4.60. The molecule has 0 bridgehead atoms. The first-order valence-corrected chi connectivity index (χ1v) is 5.68. The van der Waals surface area contributed by atoms with Crippen LogP contribution in [0, 0.1) is 5.82 Å². The SMILES string of the molecule is O=C1CCC(c2nc(-c3cccc(F)c3)no2)=NN1. The quantitative estimate of drug-likeness (QED) is 0.887. The standard InChI is InChI=1S/C12H9FN4O2/c13-8-3-1-2-7(6-8)11-14-12(19-17-11)9-4-5-10(18)16-15-9/h1-3,6H,4-5H2,(H,16,18). The number of amides is 1. The van der Waals surface area contributed by atoms with Gasteiger partial charge in [0.25, 0.3) is 5.89 Å². The molecule has 0 atom stereocenters. The van der Waals surface area contributed by atoms with Crippen LogP contribution in [-0.2, 0) is 4.79 Å². The fourth-order valence-electron chi connectivity index (χ4n) is 1.71. The van der Waals surface area contributed by atoms with E-state index >= 15 is 0 Å². The Labute approximate surface area is 107 Å². The van der Waals surface area contributed by atoms with Gasteiger partial charge in [0, 0.05) is 18.4 Å². The molecule has 2 heterocycles. The summed E-state index contributed by atoms with van der Waals surface area (Å²) in [5.74, 6) is 0.00750. The van der Waals surface area contributed by atoms with Gasteiger partial charge in [-0.05, 0) is 12.1 Å². The van der Waals surface area contributed by atoms with Crippen molar-refractivity contribution in [2.45, 2.75) is 12.8 Å². The number of nitrogens with one attached hydrogen (secondary N) is 1. The van der Waals surface area contributed by atoms with Crippen molar-refractivity contribution in [2.24, 2.45) is 5.10 Å². The zero-order valence-corrected chi connectivity index (χ0v) is 9.76. The average molecular weight is 260 g/mol. The normalized spacial score (nSPS) is 15.0. The second-order valence-corrected chi connectivity index (χ2v) is 4.03. The number of hydrazone groups is 1. The molecule has 1 amide bonds. The fraction of sp³-hybridized carbons (Fsp3) is 0.167. The monoisotopic (exact) mass is 260 g/mol. The van der Waals surface area contributed by atoms with E-state index in [1.165, 1.54) is 12.1 Å². The fourth-order valence-corrected chi connectivity index (χ4v) is 1.71. The molecule has 1 aromatic carbocycles. The van der Waals surface area contributed by atoms with Crippen LogP contribution in [0.3, 0.4) is 0 Å². The Bertz CT molecular complexity index is 665. The molecule has 2 aromatic rings. The maximum Gasteiger partial charge on any atom is 0.274 e. The molecule has 6 nitrogen and oxygen atoms in total. The first-order chi connectivity index (χ1) is 9.22. The van der Waals surface area contributed by atoms with Gasteiger partial charge in [0.15, 0.2) is 0 Å². The van der Waals surface area contributed by atoms with Gasteiger partial charge in [0.05, 0.1) is 0 Å². The van der Waals surface area contributed by atoms with Crippen LogP contribution in [0.1, 0.15) is 18.7 Å². The molecule has 3 rings (SSSR count). The zero-order chi connectivity index (χ0) is 13.2. The Morgan fingerprint density at radius 2 is 2.21 bits per heavy atom. The van der Waals surface area contributed by atoms with Gasteiger partial charge in [-0.2, -0.15) is 10.1 Å². The minimum Gasteiger partial charge on any atom is -0.332 e. The number of carbonyl (C=O) groups excluding carboxylic acids is 1. The number of rotatable bonds is 2. The minimum absolute atomic E-state index is 0.145. The minimum atomic E-state index is -0.369. The summed E-state index contributed by atoms with van der Waals surface area (Å²) >= 11 is 0. The molecule has 96 valence electrons. The van der Waals surface area contributed by atoms with Crippen molar-refractivity contribution in [1.82, 2.24) is 15.6 Å². The summed E-state index contributed by atoms with van der Waals surface area (Å²) in [6, 6.07) is 5.91. The molecule has 1 N–H and O–H groups in total. The topological polar surface area (TPSA) is 80.4 Å². The molecule has 1 aliphatic rings. The Kier molecular flexibility index (Phi) is 2.79. The van der Waals surface area contributed by atoms with Crippen molar-refractivity contribution in [3.05, 3.63) is 36.0 Å². The van der Waals surface area contributed by atoms with Crippen molar-refractivity contribution in [3.8, 4) is 11.4 Å². The molecular weight excluding hydrogens is 251 g/mol. The number of nitrogens with zero attached hydrogens (tertiary/aromatic N) is 3. The Morgan fingerprint density at radius 3 is 2.95 bits per heavy atom. The molecule has 0 aliphatic carbocycles. The van der Waals surface area contributed by atoms with Crippen LogP contribution in [0.15, 0.2) is 33.9 Å². The van der Waals surface area contributed by atoms with Crippen LogP contribution in [0.25, 0.3) is 11.4 Å². The number of hydrogen-bond donors (Lipinski definition) is 1. The summed E-state index contributed by atoms with van der Waals surface area (Å²) in [5.41, 5.74) is 3.40. The molecule has 1 aromatic heterocycles. The summed E-state index contributed by atoms with van der Waals surface area (Å²) in [4.78, 5) is 15.1. The summed E-state index contributed by atoms with van der Waals surface area (Å²) in [6.07, 6.45) is 0.771. The molecule has 0 radical (unpaired) electrons. The van der Waals surface area contributed by atoms with Crippen LogP contribution >= 0.6 is 0 Å². The number of halogens is 1. The van der Waals surface area contributed by atoms with E-state index in [0.29, 0.717) is 24.1 Å². The van der Waals surface area contributed by atoms with E-state index in [0.717, 1.165) is 0 Å². The van der Waals surface area contributed by atoms with Crippen LogP contribution in [-0.4, -0.2) is 21.8 Å². The highest BCUT2D eigenvalue weighted by atomic mass is 19.1. The average Bonchev–Trinajstić information content (AvgIpc) is 2.89. The van der Waals surface area contributed by atoms with Gasteiger partial charge in [-0.15, -0.1) is 0 Å². The van der Waals surface area contributed by atoms with Gasteiger partial charge in [0.2, 0.25) is 11.7 Å². The van der Waals surface area contributed by atoms with Crippen molar-refractivity contribution in [1.29, 1.82) is 0 Å². The lowest BCUT2D eigenvalue weighted by Crippen LogP contribution is -2.26. The van der Waals surface area contributed by atoms with Crippen molar-refractivity contribution in [2.75, 3.05) is 0 Å². The number of carbonyl (C=O) groups is 1. The highest BCUT2D eigenvalue weighted by Crippen LogP contribution is 2.18. The van der Waals surface area contributed by atoms with Gasteiger partial charge >= 0.3 is 0 Å². The Hall–Kier alpha value is -2.57. The molecule has 0 spiro atoms. The van der Waals surface area contributed by atoms with Gasteiger partial charge < -0.3 is 4.52 Å². The lowest BCUT2D eigenvalue weighted by molar-refractivity contribution is -0.121. The highest BCUT2D eigenvalue weighted by molar-refractivity contribution is 6.01. The van der Waals surface area contributed by atoms with E-state index in [4.69, 9.17) is 4.52 Å². The maximum absolute atomic E-state index is 13.1. The first-order valence-electron chi connectivity index (χ1n) is 5.68. The number of benzene rings is 1. The molecule has 0 unspecified atom stereocenters. The van der Waals surface area contributed by atoms with Gasteiger partial charge in [-0.1, -0.05) is 17.3 Å². The van der Waals surface area contributed by atoms with E-state index in [1.54, 1.807) is 12.1 Å². The maximum atomic E-state index is 13.1. The third-order valence-corrected chi connectivity index (χ3v) is 2.66. The van der Waals surface area contributed by atoms with Crippen LogP contribution in [0.2, 0.25) is 0 Å². The van der Waals surface area contributed by atoms with Crippen LogP contribution in [0.5, 0.6) is 0 Å². The van der Waals surface area contributed by atoms with E-state index in [2.05, 4.69) is 20.7 Å². The predicted molar refractivity (Wildman–Crippen MR) is 63.6 cm³/mol. The predicted octanol–water partition coefficient (Wildman–Crippen LogP) is 1.49. The lowest BCUT2D eigenvalue weighted by Gasteiger charge is -2.07. The van der Waals surface area contributed by atoms with Gasteiger partial charge in [-0.3, -0.25) is 4.79 Å². The van der Waals surface area contributed by atoms with Crippen molar-refractivity contribution in [3.63, 3.8) is 0 Å². The molecule has 0 fully saturated rings. The first kappa shape index (κ1) is 11.5. The van der Waals surface area contributed by atoms with Gasteiger partial charge in [0.1, 0.15) is 11.5 Å². The Morgan fingerprint density at radius 1 is 1.32 bits per heavy atom. The van der Waals surface area contributed by atoms with Crippen molar-refractivity contribution >= 4 is 11.6 Å². The summed E-state index contributed by atoms with van der Waals surface area (Å²) in [6.45, 7) is 0. The highest BCUT2D eigenvalue weighted by Gasteiger charge is 2.19.